The van der Waals surface area contributed by atoms with Crippen molar-refractivity contribution in [1.29, 1.82) is 0 Å². The van der Waals surface area contributed by atoms with E-state index in [0.717, 1.165) is 60.3 Å². The molecule has 2 aliphatic heterocycles. The van der Waals surface area contributed by atoms with Gasteiger partial charge in [0.1, 0.15) is 5.75 Å². The molecule has 3 N–H and O–H groups in total. The van der Waals surface area contributed by atoms with Crippen LogP contribution in [0.3, 0.4) is 0 Å². The van der Waals surface area contributed by atoms with Gasteiger partial charge in [-0.3, -0.25) is 19.4 Å². The van der Waals surface area contributed by atoms with Gasteiger partial charge in [-0.25, -0.2) is 0 Å². The van der Waals surface area contributed by atoms with Gasteiger partial charge < -0.3 is 25.3 Å². The number of piperazine rings is 1. The van der Waals surface area contributed by atoms with Crippen molar-refractivity contribution in [2.24, 2.45) is 5.73 Å². The van der Waals surface area contributed by atoms with Crippen LogP contribution in [0.1, 0.15) is 42.9 Å². The first-order chi connectivity index (χ1) is 24.8. The van der Waals surface area contributed by atoms with Crippen LogP contribution in [-0.2, 0) is 29.1 Å². The summed E-state index contributed by atoms with van der Waals surface area (Å²) in [7, 11) is 0. The van der Waals surface area contributed by atoms with E-state index in [2.05, 4.69) is 38.1 Å². The molecule has 0 aliphatic carbocycles. The molecule has 2 amide bonds. The largest absolute Gasteiger partial charge is 0.573 e. The molecular formula is C38H43Cl2F3N6O3. The fourth-order valence-electron chi connectivity index (χ4n) is 7.04. The van der Waals surface area contributed by atoms with E-state index in [1.54, 1.807) is 17.0 Å². The number of carbonyl (C=O) groups is 2. The molecule has 2 aliphatic rings. The topological polar surface area (TPSA) is 96.1 Å². The zero-order chi connectivity index (χ0) is 37.0. The predicted molar refractivity (Wildman–Crippen MR) is 197 cm³/mol. The maximum atomic E-state index is 13.0. The summed E-state index contributed by atoms with van der Waals surface area (Å²) in [5.74, 6) is -0.517. The number of nitrogens with two attached hydrogens (primary N) is 1. The van der Waals surface area contributed by atoms with Crippen LogP contribution in [0, 0.1) is 0 Å². The van der Waals surface area contributed by atoms with Crippen LogP contribution in [0.15, 0.2) is 66.9 Å². The van der Waals surface area contributed by atoms with E-state index >= 15 is 0 Å². The van der Waals surface area contributed by atoms with E-state index < -0.39 is 11.9 Å². The van der Waals surface area contributed by atoms with Gasteiger partial charge in [0.2, 0.25) is 11.8 Å². The van der Waals surface area contributed by atoms with Crippen LogP contribution >= 0.6 is 23.2 Å². The third kappa shape index (κ3) is 9.21. The minimum atomic E-state index is -4.78. The fourth-order valence-corrected chi connectivity index (χ4v) is 7.55. The van der Waals surface area contributed by atoms with Crippen LogP contribution in [-0.4, -0.2) is 88.8 Å². The van der Waals surface area contributed by atoms with Crippen LogP contribution in [0.5, 0.6) is 5.75 Å². The maximum absolute atomic E-state index is 13.0. The Kier molecular flexibility index (Phi) is 11.7. The van der Waals surface area contributed by atoms with Crippen LogP contribution < -0.4 is 15.8 Å². The number of rotatable bonds is 11. The van der Waals surface area contributed by atoms with Gasteiger partial charge in [0, 0.05) is 98.7 Å². The average molecular weight is 760 g/mol. The van der Waals surface area contributed by atoms with Crippen molar-refractivity contribution in [2.45, 2.75) is 57.6 Å². The number of carbonyl (C=O) groups excluding carboxylic acids is 2. The highest BCUT2D eigenvalue weighted by Crippen LogP contribution is 2.31. The van der Waals surface area contributed by atoms with Gasteiger partial charge in [-0.2, -0.15) is 0 Å². The average Bonchev–Trinajstić information content (AvgIpc) is 3.46. The first-order valence-electron chi connectivity index (χ1n) is 17.5. The minimum absolute atomic E-state index is 0.0195. The Morgan fingerprint density at radius 2 is 1.54 bits per heavy atom. The van der Waals surface area contributed by atoms with Gasteiger partial charge in [-0.1, -0.05) is 41.4 Å². The fraction of sp³-hybridized carbons (Fsp3) is 0.421. The number of likely N-dealkylation sites (tertiary alicyclic amines) is 1. The lowest BCUT2D eigenvalue weighted by molar-refractivity contribution is -0.274. The Morgan fingerprint density at radius 1 is 0.904 bits per heavy atom. The summed E-state index contributed by atoms with van der Waals surface area (Å²) in [6, 6.07) is 17.8. The number of aromatic nitrogens is 1. The number of amides is 2. The second kappa shape index (κ2) is 16.1. The van der Waals surface area contributed by atoms with Gasteiger partial charge in [0.05, 0.1) is 11.1 Å². The van der Waals surface area contributed by atoms with E-state index in [0.29, 0.717) is 67.6 Å². The molecule has 1 aromatic heterocycles. The molecule has 52 heavy (non-hydrogen) atoms. The van der Waals surface area contributed by atoms with Crippen molar-refractivity contribution < 1.29 is 27.5 Å². The molecule has 4 aromatic rings. The van der Waals surface area contributed by atoms with Gasteiger partial charge >= 0.3 is 6.36 Å². The molecule has 2 fully saturated rings. The molecule has 3 heterocycles. The van der Waals surface area contributed by atoms with Crippen molar-refractivity contribution in [3.63, 3.8) is 0 Å². The molecular weight excluding hydrogens is 716 g/mol. The zero-order valence-electron chi connectivity index (χ0n) is 29.0. The summed E-state index contributed by atoms with van der Waals surface area (Å²) in [6.45, 7) is 7.78. The number of benzene rings is 3. The molecule has 3 aromatic carbocycles. The highest BCUT2D eigenvalue weighted by atomic mass is 35.5. The lowest BCUT2D eigenvalue weighted by Gasteiger charge is -2.37. The van der Waals surface area contributed by atoms with Crippen molar-refractivity contribution in [2.75, 3.05) is 45.8 Å². The molecule has 6 rings (SSSR count). The van der Waals surface area contributed by atoms with E-state index in [1.165, 1.54) is 19.1 Å². The Hall–Kier alpha value is -3.81. The van der Waals surface area contributed by atoms with Gasteiger partial charge in [0.15, 0.2) is 0 Å². The highest BCUT2D eigenvalue weighted by Gasteiger charge is 2.38. The maximum Gasteiger partial charge on any atom is 0.573 e. The predicted octanol–water partition coefficient (Wildman–Crippen LogP) is 6.54. The van der Waals surface area contributed by atoms with E-state index in [-0.39, 0.29) is 17.6 Å². The molecule has 2 saturated heterocycles. The monoisotopic (exact) mass is 758 g/mol. The second-order valence-corrected chi connectivity index (χ2v) is 14.5. The standard InChI is InChI=1S/C38H43Cl2F3N6O3/c1-26(50)48-16-13-37(44,14-17-48)36(51)45-15-3-4-28-24-49(29-8-10-30(11-9-29)52-38(41,42)43)35-22-27(7-12-31(28)35)23-46-18-20-47(21-19-46)25-32-33(39)5-2-6-34(32)40/h2,5-12,22,24H,3-4,13-21,23,25,44H2,1H3,(H,45,51). The number of fused-ring (bicyclic) bond motifs is 1. The number of hydrogen-bond donors (Lipinski definition) is 2. The molecule has 0 atom stereocenters. The van der Waals surface area contributed by atoms with Crippen molar-refractivity contribution in [1.82, 2.24) is 24.6 Å². The van der Waals surface area contributed by atoms with E-state index in [1.807, 2.05) is 29.0 Å². The Morgan fingerprint density at radius 3 is 2.15 bits per heavy atom. The summed E-state index contributed by atoms with van der Waals surface area (Å²) in [5.41, 5.74) is 10.2. The molecule has 0 spiro atoms. The van der Waals surface area contributed by atoms with Crippen LogP contribution in [0.2, 0.25) is 10.0 Å². The first-order valence-corrected chi connectivity index (χ1v) is 18.2. The van der Waals surface area contributed by atoms with Crippen LogP contribution in [0.25, 0.3) is 16.6 Å². The smallest absolute Gasteiger partial charge is 0.406 e. The Bertz CT molecular complexity index is 1870. The summed E-state index contributed by atoms with van der Waals surface area (Å²) in [4.78, 5) is 31.2. The molecule has 278 valence electrons. The summed E-state index contributed by atoms with van der Waals surface area (Å²) >= 11 is 12.8. The molecule has 14 heteroatoms. The molecule has 9 nitrogen and oxygen atoms in total. The number of piperidine rings is 1. The summed E-state index contributed by atoms with van der Waals surface area (Å²) in [5, 5.41) is 5.36. The van der Waals surface area contributed by atoms with E-state index in [9.17, 15) is 22.8 Å². The highest BCUT2D eigenvalue weighted by molar-refractivity contribution is 6.36. The van der Waals surface area contributed by atoms with Gasteiger partial charge in [0.25, 0.3) is 0 Å². The number of ether oxygens (including phenoxy) is 1. The zero-order valence-corrected chi connectivity index (χ0v) is 30.5. The number of nitrogens with one attached hydrogen (secondary N) is 1. The first kappa shape index (κ1) is 37.9. The van der Waals surface area contributed by atoms with Gasteiger partial charge in [-0.15, -0.1) is 13.2 Å². The third-order valence-electron chi connectivity index (χ3n) is 10.1. The summed E-state index contributed by atoms with van der Waals surface area (Å²) in [6.07, 6.45) is -0.629. The van der Waals surface area contributed by atoms with Crippen molar-refractivity contribution in [3.05, 3.63) is 93.6 Å². The lowest BCUT2D eigenvalue weighted by atomic mass is 9.87. The van der Waals surface area contributed by atoms with Crippen molar-refractivity contribution >= 4 is 45.9 Å². The third-order valence-corrected chi connectivity index (χ3v) is 10.8. The Balaban J connectivity index is 1.13. The SMILES string of the molecule is CC(=O)N1CCC(N)(C(=O)NCCCc2cn(-c3ccc(OC(F)(F)F)cc3)c3cc(CN4CCN(Cc5c(Cl)cccc5Cl)CC4)ccc23)CC1. The molecule has 0 unspecified atom stereocenters. The van der Waals surface area contributed by atoms with Crippen LogP contribution in [0.4, 0.5) is 13.2 Å². The molecule has 0 radical (unpaired) electrons. The molecule has 0 saturated carbocycles. The number of aryl methyl sites for hydroxylation is 1. The number of nitrogens with zero attached hydrogens (tertiary/aromatic N) is 4. The minimum Gasteiger partial charge on any atom is -0.406 e. The summed E-state index contributed by atoms with van der Waals surface area (Å²) < 4.78 is 44.6. The quantitative estimate of drug-likeness (QED) is 0.169. The number of hydrogen-bond acceptors (Lipinski definition) is 6. The molecule has 0 bridgehead atoms. The van der Waals surface area contributed by atoms with Crippen molar-refractivity contribution in [3.8, 4) is 11.4 Å². The second-order valence-electron chi connectivity index (χ2n) is 13.7. The van der Waals surface area contributed by atoms with E-state index in [4.69, 9.17) is 28.9 Å². The van der Waals surface area contributed by atoms with Gasteiger partial charge in [-0.05, 0) is 79.3 Å². The number of alkyl halides is 3. The normalized spacial score (nSPS) is 17.0. The Labute approximate surface area is 311 Å². The lowest BCUT2D eigenvalue weighted by Crippen LogP contribution is -2.60. The number of halogens is 5.